The minimum Gasteiger partial charge on any atom is -0.383 e. The fourth-order valence-electron chi connectivity index (χ4n) is 2.37. The van der Waals surface area contributed by atoms with E-state index in [4.69, 9.17) is 15.2 Å². The first-order chi connectivity index (χ1) is 9.60. The Morgan fingerprint density at radius 2 is 1.95 bits per heavy atom. The average molecular weight is 288 g/mol. The number of ether oxygens (including phenoxy) is 2. The molecule has 0 aromatic rings. The number of rotatable bonds is 12. The van der Waals surface area contributed by atoms with Crippen molar-refractivity contribution in [3.8, 4) is 0 Å². The van der Waals surface area contributed by atoms with Crippen molar-refractivity contribution < 1.29 is 14.3 Å². The van der Waals surface area contributed by atoms with Gasteiger partial charge in [0, 0.05) is 27.2 Å². The Labute approximate surface area is 123 Å². The maximum atomic E-state index is 12.4. The van der Waals surface area contributed by atoms with Crippen LogP contribution in [0.5, 0.6) is 0 Å². The van der Waals surface area contributed by atoms with Crippen LogP contribution in [-0.2, 0) is 14.3 Å². The summed E-state index contributed by atoms with van der Waals surface area (Å²) in [7, 11) is 3.31. The first-order valence-corrected chi connectivity index (χ1v) is 7.58. The minimum atomic E-state index is 0.0808. The topological polar surface area (TPSA) is 64.8 Å². The molecular formula is C15H32N2O3. The van der Waals surface area contributed by atoms with E-state index in [-0.39, 0.29) is 11.9 Å². The van der Waals surface area contributed by atoms with Crippen LogP contribution in [0.3, 0.4) is 0 Å². The highest BCUT2D eigenvalue weighted by Crippen LogP contribution is 2.16. The Morgan fingerprint density at radius 3 is 2.45 bits per heavy atom. The summed E-state index contributed by atoms with van der Waals surface area (Å²) >= 11 is 0. The molecule has 0 fully saturated rings. The second-order valence-electron chi connectivity index (χ2n) is 5.27. The summed E-state index contributed by atoms with van der Waals surface area (Å²) in [4.78, 5) is 14.2. The Morgan fingerprint density at radius 1 is 1.25 bits per heavy atom. The minimum absolute atomic E-state index is 0.0808. The number of hydrogen-bond acceptors (Lipinski definition) is 4. The van der Waals surface area contributed by atoms with Crippen molar-refractivity contribution in [3.05, 3.63) is 0 Å². The Balaban J connectivity index is 4.37. The van der Waals surface area contributed by atoms with E-state index in [2.05, 4.69) is 6.92 Å². The third-order valence-corrected chi connectivity index (χ3v) is 3.72. The first kappa shape index (κ1) is 19.4. The monoisotopic (exact) mass is 288 g/mol. The van der Waals surface area contributed by atoms with Gasteiger partial charge < -0.3 is 20.1 Å². The summed E-state index contributed by atoms with van der Waals surface area (Å²) in [5.74, 6) is 0.730. The highest BCUT2D eigenvalue weighted by atomic mass is 16.5. The fraction of sp³-hybridized carbons (Fsp3) is 0.933. The molecule has 0 aliphatic heterocycles. The molecule has 5 heteroatoms. The van der Waals surface area contributed by atoms with Crippen molar-refractivity contribution in [1.82, 2.24) is 4.90 Å². The van der Waals surface area contributed by atoms with E-state index in [1.807, 2.05) is 11.8 Å². The molecule has 0 rings (SSSR count). The molecule has 0 heterocycles. The van der Waals surface area contributed by atoms with Crippen LogP contribution in [0.15, 0.2) is 0 Å². The van der Waals surface area contributed by atoms with Crippen molar-refractivity contribution >= 4 is 5.91 Å². The third kappa shape index (κ3) is 7.82. The molecule has 2 N–H and O–H groups in total. The van der Waals surface area contributed by atoms with Crippen LogP contribution >= 0.6 is 0 Å². The average Bonchev–Trinajstić information content (AvgIpc) is 2.44. The number of nitrogens with two attached hydrogens (primary N) is 1. The van der Waals surface area contributed by atoms with Crippen molar-refractivity contribution in [2.45, 2.75) is 45.6 Å². The van der Waals surface area contributed by atoms with Crippen molar-refractivity contribution in [1.29, 1.82) is 0 Å². The molecule has 2 atom stereocenters. The molecule has 0 saturated heterocycles. The lowest BCUT2D eigenvalue weighted by Gasteiger charge is -2.29. The quantitative estimate of drug-likeness (QED) is 0.593. The zero-order valence-electron chi connectivity index (χ0n) is 13.6. The second kappa shape index (κ2) is 12.1. The van der Waals surface area contributed by atoms with Gasteiger partial charge in [-0.1, -0.05) is 13.3 Å². The van der Waals surface area contributed by atoms with E-state index < -0.39 is 0 Å². The second-order valence-corrected chi connectivity index (χ2v) is 5.27. The maximum Gasteiger partial charge on any atom is 0.222 e. The molecular weight excluding hydrogens is 256 g/mol. The molecule has 0 saturated carbocycles. The number of nitrogens with zero attached hydrogens (tertiary/aromatic N) is 1. The normalized spacial score (nSPS) is 14.1. The smallest absolute Gasteiger partial charge is 0.222 e. The first-order valence-electron chi connectivity index (χ1n) is 7.58. The van der Waals surface area contributed by atoms with Crippen LogP contribution in [-0.4, -0.2) is 57.4 Å². The van der Waals surface area contributed by atoms with Crippen LogP contribution in [0.2, 0.25) is 0 Å². The van der Waals surface area contributed by atoms with E-state index in [1.165, 1.54) is 0 Å². The van der Waals surface area contributed by atoms with Crippen LogP contribution in [0.25, 0.3) is 0 Å². The molecule has 0 radical (unpaired) electrons. The Hall–Kier alpha value is -0.650. The van der Waals surface area contributed by atoms with Crippen molar-refractivity contribution in [2.24, 2.45) is 11.7 Å². The van der Waals surface area contributed by atoms with Gasteiger partial charge in [0.15, 0.2) is 0 Å². The molecule has 5 nitrogen and oxygen atoms in total. The van der Waals surface area contributed by atoms with E-state index in [9.17, 15) is 4.79 Å². The van der Waals surface area contributed by atoms with E-state index >= 15 is 0 Å². The molecule has 0 aromatic carbocycles. The van der Waals surface area contributed by atoms with Gasteiger partial charge >= 0.3 is 0 Å². The van der Waals surface area contributed by atoms with Gasteiger partial charge in [-0.05, 0) is 32.2 Å². The van der Waals surface area contributed by atoms with E-state index in [0.717, 1.165) is 19.3 Å². The Kier molecular flexibility index (Phi) is 11.7. The predicted molar refractivity (Wildman–Crippen MR) is 81.6 cm³/mol. The lowest BCUT2D eigenvalue weighted by atomic mass is 9.96. The molecule has 0 spiro atoms. The predicted octanol–water partition coefficient (Wildman–Crippen LogP) is 1.65. The van der Waals surface area contributed by atoms with Crippen molar-refractivity contribution in [3.63, 3.8) is 0 Å². The lowest BCUT2D eigenvalue weighted by Crippen LogP contribution is -2.43. The number of hydrogen-bond donors (Lipinski definition) is 1. The van der Waals surface area contributed by atoms with Crippen LogP contribution in [0, 0.1) is 5.92 Å². The molecule has 120 valence electrons. The zero-order valence-corrected chi connectivity index (χ0v) is 13.6. The van der Waals surface area contributed by atoms with Gasteiger partial charge in [0.1, 0.15) is 0 Å². The molecule has 0 aliphatic carbocycles. The highest BCUT2D eigenvalue weighted by Gasteiger charge is 2.20. The van der Waals surface area contributed by atoms with Crippen LogP contribution < -0.4 is 5.73 Å². The van der Waals surface area contributed by atoms with Gasteiger partial charge in [0.25, 0.3) is 0 Å². The van der Waals surface area contributed by atoms with Gasteiger partial charge in [0.2, 0.25) is 5.91 Å². The summed E-state index contributed by atoms with van der Waals surface area (Å²) in [6.07, 6.45) is 3.57. The van der Waals surface area contributed by atoms with Crippen LogP contribution in [0.4, 0.5) is 0 Å². The SMILES string of the molecule is CCC(CCN)CCC(=O)N(CCOC)C(C)COC. The summed E-state index contributed by atoms with van der Waals surface area (Å²) < 4.78 is 10.2. The fourth-order valence-corrected chi connectivity index (χ4v) is 2.37. The number of carbonyl (C=O) groups excluding carboxylic acids is 1. The standard InChI is InChI=1S/C15H32N2O3/c1-5-14(8-9-16)6-7-15(18)17(10-11-19-3)13(2)12-20-4/h13-14H,5-12,16H2,1-4H3. The zero-order chi connectivity index (χ0) is 15.4. The van der Waals surface area contributed by atoms with Gasteiger partial charge in [-0.25, -0.2) is 0 Å². The van der Waals surface area contributed by atoms with E-state index in [0.29, 0.717) is 38.6 Å². The number of amides is 1. The summed E-state index contributed by atoms with van der Waals surface area (Å²) in [6.45, 7) is 6.58. The molecule has 1 amide bonds. The largest absolute Gasteiger partial charge is 0.383 e. The van der Waals surface area contributed by atoms with E-state index in [1.54, 1.807) is 14.2 Å². The van der Waals surface area contributed by atoms with Gasteiger partial charge in [0.05, 0.1) is 19.3 Å². The Bertz CT molecular complexity index is 249. The maximum absolute atomic E-state index is 12.4. The molecule has 20 heavy (non-hydrogen) atoms. The summed E-state index contributed by atoms with van der Waals surface area (Å²) in [6, 6.07) is 0.0808. The third-order valence-electron chi connectivity index (χ3n) is 3.72. The summed E-state index contributed by atoms with van der Waals surface area (Å²) in [5.41, 5.74) is 5.60. The molecule has 0 aromatic heterocycles. The van der Waals surface area contributed by atoms with Crippen molar-refractivity contribution in [2.75, 3.05) is 40.5 Å². The van der Waals surface area contributed by atoms with Crippen LogP contribution in [0.1, 0.15) is 39.5 Å². The number of methoxy groups -OCH3 is 2. The van der Waals surface area contributed by atoms with Gasteiger partial charge in [-0.3, -0.25) is 4.79 Å². The molecule has 0 aliphatic rings. The van der Waals surface area contributed by atoms with Gasteiger partial charge in [-0.15, -0.1) is 0 Å². The lowest BCUT2D eigenvalue weighted by molar-refractivity contribution is -0.135. The molecule has 2 unspecified atom stereocenters. The van der Waals surface area contributed by atoms with Gasteiger partial charge in [-0.2, -0.15) is 0 Å². The summed E-state index contributed by atoms with van der Waals surface area (Å²) in [5, 5.41) is 0. The highest BCUT2D eigenvalue weighted by molar-refractivity contribution is 5.76. The number of carbonyl (C=O) groups is 1. The molecule has 0 bridgehead atoms.